The number of alkyl halides is 3. The first-order chi connectivity index (χ1) is 5.31. The number of nitrogens with one attached hydrogen (secondary N) is 1. The molecule has 0 amide bonds. The lowest BCUT2D eigenvalue weighted by molar-refractivity contribution is -0.185. The Morgan fingerprint density at radius 3 is 2.25 bits per heavy atom. The topological polar surface area (TPSA) is 12.0 Å². The molecule has 1 rings (SSSR count). The van der Waals surface area contributed by atoms with Crippen LogP contribution in [-0.2, 0) is 0 Å². The van der Waals surface area contributed by atoms with Crippen molar-refractivity contribution < 1.29 is 13.2 Å². The van der Waals surface area contributed by atoms with Crippen LogP contribution in [0.3, 0.4) is 0 Å². The van der Waals surface area contributed by atoms with E-state index < -0.39 is 12.1 Å². The number of rotatable bonds is 0. The molecule has 0 saturated carbocycles. The van der Waals surface area contributed by atoms with E-state index in [1.807, 2.05) is 13.8 Å². The van der Waals surface area contributed by atoms with Crippen molar-refractivity contribution in [2.75, 3.05) is 13.1 Å². The Balaban J connectivity index is 2.58. The third-order valence-corrected chi connectivity index (χ3v) is 2.26. The maximum atomic E-state index is 12.2. The van der Waals surface area contributed by atoms with Crippen molar-refractivity contribution in [3.63, 3.8) is 0 Å². The van der Waals surface area contributed by atoms with Crippen LogP contribution in [0.15, 0.2) is 0 Å². The lowest BCUT2D eigenvalue weighted by Gasteiger charge is -2.36. The van der Waals surface area contributed by atoms with Crippen molar-refractivity contribution in [2.24, 2.45) is 11.3 Å². The second kappa shape index (κ2) is 2.91. The Hall–Kier alpha value is -0.250. The van der Waals surface area contributed by atoms with E-state index in [1.165, 1.54) is 0 Å². The SMILES string of the molecule is CC1(C)CNCC(C(F)(F)F)C1. The lowest BCUT2D eigenvalue weighted by atomic mass is 9.79. The van der Waals surface area contributed by atoms with Crippen LogP contribution >= 0.6 is 0 Å². The fourth-order valence-corrected chi connectivity index (χ4v) is 1.63. The van der Waals surface area contributed by atoms with Crippen LogP contribution in [0.4, 0.5) is 13.2 Å². The zero-order valence-corrected chi connectivity index (χ0v) is 7.33. The summed E-state index contributed by atoms with van der Waals surface area (Å²) in [5, 5.41) is 2.81. The van der Waals surface area contributed by atoms with Crippen molar-refractivity contribution in [1.82, 2.24) is 5.32 Å². The molecule has 0 spiro atoms. The predicted molar refractivity (Wildman–Crippen MR) is 40.8 cm³/mol. The van der Waals surface area contributed by atoms with Gasteiger partial charge in [0.05, 0.1) is 5.92 Å². The molecule has 1 saturated heterocycles. The van der Waals surface area contributed by atoms with Crippen LogP contribution < -0.4 is 5.32 Å². The van der Waals surface area contributed by atoms with Crippen molar-refractivity contribution >= 4 is 0 Å². The van der Waals surface area contributed by atoms with Crippen molar-refractivity contribution in [3.05, 3.63) is 0 Å². The number of halogens is 3. The lowest BCUT2D eigenvalue weighted by Crippen LogP contribution is -2.46. The molecule has 1 aliphatic rings. The Labute approximate surface area is 70.3 Å². The zero-order valence-electron chi connectivity index (χ0n) is 7.33. The molecule has 0 aromatic heterocycles. The molecule has 1 aliphatic heterocycles. The van der Waals surface area contributed by atoms with E-state index >= 15 is 0 Å². The summed E-state index contributed by atoms with van der Waals surface area (Å²) in [6.45, 7) is 4.47. The van der Waals surface area contributed by atoms with Gasteiger partial charge in [0.15, 0.2) is 0 Å². The second-order valence-corrected chi connectivity index (χ2v) is 4.24. The van der Waals surface area contributed by atoms with Gasteiger partial charge in [-0.25, -0.2) is 0 Å². The Kier molecular flexibility index (Phi) is 2.38. The molecule has 1 fully saturated rings. The van der Waals surface area contributed by atoms with Gasteiger partial charge in [-0.3, -0.25) is 0 Å². The van der Waals surface area contributed by atoms with Crippen LogP contribution in [0.1, 0.15) is 20.3 Å². The zero-order chi connectivity index (χ0) is 9.41. The van der Waals surface area contributed by atoms with E-state index in [9.17, 15) is 13.2 Å². The van der Waals surface area contributed by atoms with Gasteiger partial charge in [0.25, 0.3) is 0 Å². The smallest absolute Gasteiger partial charge is 0.316 e. The first-order valence-corrected chi connectivity index (χ1v) is 4.09. The molecule has 0 aromatic carbocycles. The summed E-state index contributed by atoms with van der Waals surface area (Å²) < 4.78 is 36.7. The van der Waals surface area contributed by atoms with Crippen LogP contribution in [0.25, 0.3) is 0 Å². The normalized spacial score (nSPS) is 30.2. The molecule has 1 N–H and O–H groups in total. The first kappa shape index (κ1) is 9.84. The summed E-state index contributed by atoms with van der Waals surface area (Å²) in [6, 6.07) is 0. The fraction of sp³-hybridized carbons (Fsp3) is 1.00. The van der Waals surface area contributed by atoms with Crippen LogP contribution in [0.2, 0.25) is 0 Å². The van der Waals surface area contributed by atoms with E-state index in [0.29, 0.717) is 6.54 Å². The minimum Gasteiger partial charge on any atom is -0.316 e. The van der Waals surface area contributed by atoms with Gasteiger partial charge in [-0.05, 0) is 11.8 Å². The highest BCUT2D eigenvalue weighted by molar-refractivity contribution is 4.85. The number of hydrogen-bond acceptors (Lipinski definition) is 1. The van der Waals surface area contributed by atoms with E-state index in [-0.39, 0.29) is 18.4 Å². The second-order valence-electron chi connectivity index (χ2n) is 4.24. The van der Waals surface area contributed by atoms with Gasteiger partial charge >= 0.3 is 6.18 Å². The average Bonchev–Trinajstić information content (AvgIpc) is 1.83. The molecule has 0 bridgehead atoms. The minimum atomic E-state index is -4.04. The van der Waals surface area contributed by atoms with Crippen molar-refractivity contribution in [2.45, 2.75) is 26.4 Å². The highest BCUT2D eigenvalue weighted by atomic mass is 19.4. The highest BCUT2D eigenvalue weighted by Crippen LogP contribution is 2.37. The van der Waals surface area contributed by atoms with Crippen molar-refractivity contribution in [3.8, 4) is 0 Å². The molecule has 0 radical (unpaired) electrons. The summed E-state index contributed by atoms with van der Waals surface area (Å²) in [5.41, 5.74) is -0.224. The van der Waals surface area contributed by atoms with Gasteiger partial charge < -0.3 is 5.32 Å². The molecule has 0 aromatic rings. The van der Waals surface area contributed by atoms with Gasteiger partial charge in [-0.15, -0.1) is 0 Å². The maximum absolute atomic E-state index is 12.2. The summed E-state index contributed by atoms with van der Waals surface area (Å²) in [4.78, 5) is 0. The van der Waals surface area contributed by atoms with Gasteiger partial charge in [-0.1, -0.05) is 13.8 Å². The summed E-state index contributed by atoms with van der Waals surface area (Å²) in [5.74, 6) is -1.17. The molecule has 72 valence electrons. The molecule has 1 heterocycles. The maximum Gasteiger partial charge on any atom is 0.393 e. The molecule has 1 unspecified atom stereocenters. The highest BCUT2D eigenvalue weighted by Gasteiger charge is 2.44. The van der Waals surface area contributed by atoms with Gasteiger partial charge in [0.1, 0.15) is 0 Å². The monoisotopic (exact) mass is 181 g/mol. The predicted octanol–water partition coefficient (Wildman–Crippen LogP) is 2.18. The quantitative estimate of drug-likeness (QED) is 0.604. The van der Waals surface area contributed by atoms with Gasteiger partial charge in [-0.2, -0.15) is 13.2 Å². The number of piperidine rings is 1. The first-order valence-electron chi connectivity index (χ1n) is 4.09. The molecule has 12 heavy (non-hydrogen) atoms. The molecule has 4 heteroatoms. The van der Waals surface area contributed by atoms with Gasteiger partial charge in [0, 0.05) is 13.1 Å². The average molecular weight is 181 g/mol. The molecule has 0 aliphatic carbocycles. The summed E-state index contributed by atoms with van der Waals surface area (Å²) >= 11 is 0. The van der Waals surface area contributed by atoms with Crippen LogP contribution in [0, 0.1) is 11.3 Å². The standard InChI is InChI=1S/C8H14F3N/c1-7(2)3-6(4-12-5-7)8(9,10)11/h6,12H,3-5H2,1-2H3. The largest absolute Gasteiger partial charge is 0.393 e. The van der Waals surface area contributed by atoms with E-state index in [0.717, 1.165) is 0 Å². The van der Waals surface area contributed by atoms with E-state index in [4.69, 9.17) is 0 Å². The fourth-order valence-electron chi connectivity index (χ4n) is 1.63. The summed E-state index contributed by atoms with van der Waals surface area (Å²) in [6.07, 6.45) is -3.80. The Morgan fingerprint density at radius 1 is 1.33 bits per heavy atom. The van der Waals surface area contributed by atoms with Gasteiger partial charge in [0.2, 0.25) is 0 Å². The van der Waals surface area contributed by atoms with E-state index in [1.54, 1.807) is 0 Å². The molecule has 1 nitrogen and oxygen atoms in total. The third kappa shape index (κ3) is 2.37. The van der Waals surface area contributed by atoms with Crippen LogP contribution in [0.5, 0.6) is 0 Å². The number of hydrogen-bond donors (Lipinski definition) is 1. The third-order valence-electron chi connectivity index (χ3n) is 2.26. The van der Waals surface area contributed by atoms with E-state index in [2.05, 4.69) is 5.32 Å². The van der Waals surface area contributed by atoms with Crippen molar-refractivity contribution in [1.29, 1.82) is 0 Å². The Bertz CT molecular complexity index is 159. The van der Waals surface area contributed by atoms with Crippen LogP contribution in [-0.4, -0.2) is 19.3 Å². The molecular weight excluding hydrogens is 167 g/mol. The minimum absolute atomic E-state index is 0.0763. The summed E-state index contributed by atoms with van der Waals surface area (Å²) in [7, 11) is 0. The Morgan fingerprint density at radius 2 is 1.92 bits per heavy atom. The molecule has 1 atom stereocenters. The molecular formula is C8H14F3N.